The Labute approximate surface area is 124 Å². The van der Waals surface area contributed by atoms with Crippen LogP contribution in [-0.2, 0) is 0 Å². The van der Waals surface area contributed by atoms with E-state index in [4.69, 9.17) is 0 Å². The van der Waals surface area contributed by atoms with Crippen LogP contribution < -0.4 is 5.32 Å². The number of hydrogen-bond donors (Lipinski definition) is 1. The van der Waals surface area contributed by atoms with E-state index in [0.29, 0.717) is 0 Å². The molecule has 1 aromatic rings. The number of nitrogens with one attached hydrogen (secondary N) is 1. The fraction of sp³-hybridized carbons (Fsp3) is 0.611. The Hall–Kier alpha value is -1.31. The van der Waals surface area contributed by atoms with Crippen molar-refractivity contribution in [3.8, 4) is 0 Å². The Balaban J connectivity index is 2.38. The van der Waals surface area contributed by atoms with E-state index in [1.165, 1.54) is 32.1 Å². The Kier molecular flexibility index (Phi) is 6.77. The van der Waals surface area contributed by atoms with Crippen LogP contribution in [0.15, 0.2) is 24.3 Å². The van der Waals surface area contributed by atoms with Gasteiger partial charge in [-0.2, -0.15) is 0 Å². The van der Waals surface area contributed by atoms with E-state index in [2.05, 4.69) is 12.2 Å². The van der Waals surface area contributed by atoms with Crippen molar-refractivity contribution in [2.24, 2.45) is 5.41 Å². The minimum Gasteiger partial charge on any atom is -0.385 e. The van der Waals surface area contributed by atoms with Gasteiger partial charge in [-0.05, 0) is 30.7 Å². The predicted molar refractivity (Wildman–Crippen MR) is 87.5 cm³/mol. The highest BCUT2D eigenvalue weighted by atomic mass is 16.1. The summed E-state index contributed by atoms with van der Waals surface area (Å²) < 4.78 is 0. The smallest absolute Gasteiger partial charge is 0.168 e. The number of carbonyl (C=O) groups excluding carboxylic acids is 1. The number of hydrogen-bond acceptors (Lipinski definition) is 2. The summed E-state index contributed by atoms with van der Waals surface area (Å²) >= 11 is 0. The summed E-state index contributed by atoms with van der Waals surface area (Å²) in [5.74, 6) is 0.198. The third-order valence-electron chi connectivity index (χ3n) is 3.44. The molecule has 0 aliphatic carbocycles. The largest absolute Gasteiger partial charge is 0.385 e. The second-order valence-electron chi connectivity index (χ2n) is 6.50. The quantitative estimate of drug-likeness (QED) is 0.515. The van der Waals surface area contributed by atoms with Gasteiger partial charge in [0.15, 0.2) is 5.78 Å². The van der Waals surface area contributed by atoms with Crippen molar-refractivity contribution in [3.05, 3.63) is 29.8 Å². The third-order valence-corrected chi connectivity index (χ3v) is 3.44. The molecule has 0 aliphatic heterocycles. The number of anilines is 1. The van der Waals surface area contributed by atoms with Crippen LogP contribution in [0.1, 0.15) is 70.2 Å². The monoisotopic (exact) mass is 275 g/mol. The maximum atomic E-state index is 12.1. The first-order valence-electron chi connectivity index (χ1n) is 7.84. The van der Waals surface area contributed by atoms with Gasteiger partial charge in [0.2, 0.25) is 0 Å². The molecule has 0 fully saturated rings. The van der Waals surface area contributed by atoms with Crippen LogP contribution >= 0.6 is 0 Å². The maximum absolute atomic E-state index is 12.1. The molecule has 0 radical (unpaired) electrons. The topological polar surface area (TPSA) is 29.1 Å². The molecule has 0 saturated heterocycles. The number of Topliss-reactive ketones (excluding diaryl/α,β-unsaturated/α-hetero) is 1. The summed E-state index contributed by atoms with van der Waals surface area (Å²) in [7, 11) is 0. The van der Waals surface area contributed by atoms with Crippen LogP contribution in [0.2, 0.25) is 0 Å². The van der Waals surface area contributed by atoms with E-state index in [0.717, 1.165) is 17.8 Å². The van der Waals surface area contributed by atoms with E-state index in [-0.39, 0.29) is 11.2 Å². The van der Waals surface area contributed by atoms with Crippen molar-refractivity contribution in [2.75, 3.05) is 11.9 Å². The normalized spacial score (nSPS) is 11.4. The highest BCUT2D eigenvalue weighted by molar-refractivity contribution is 6.00. The van der Waals surface area contributed by atoms with E-state index in [1.807, 2.05) is 45.0 Å². The fourth-order valence-corrected chi connectivity index (χ4v) is 2.13. The Morgan fingerprint density at radius 2 is 1.60 bits per heavy atom. The van der Waals surface area contributed by atoms with Crippen molar-refractivity contribution >= 4 is 11.5 Å². The average molecular weight is 275 g/mol. The van der Waals surface area contributed by atoms with Gasteiger partial charge >= 0.3 is 0 Å². The predicted octanol–water partition coefficient (Wildman–Crippen LogP) is 5.30. The molecule has 1 rings (SSSR count). The maximum Gasteiger partial charge on any atom is 0.168 e. The first kappa shape index (κ1) is 16.7. The first-order chi connectivity index (χ1) is 9.45. The molecule has 1 aromatic carbocycles. The van der Waals surface area contributed by atoms with Gasteiger partial charge in [0.25, 0.3) is 0 Å². The number of rotatable bonds is 8. The van der Waals surface area contributed by atoms with Crippen LogP contribution in [0, 0.1) is 5.41 Å². The van der Waals surface area contributed by atoms with Crippen molar-refractivity contribution < 1.29 is 4.79 Å². The van der Waals surface area contributed by atoms with Gasteiger partial charge < -0.3 is 5.32 Å². The Morgan fingerprint density at radius 1 is 1.00 bits per heavy atom. The minimum atomic E-state index is -0.311. The number of carbonyl (C=O) groups is 1. The molecule has 0 spiro atoms. The van der Waals surface area contributed by atoms with Gasteiger partial charge in [-0.3, -0.25) is 4.79 Å². The molecule has 0 aromatic heterocycles. The second-order valence-corrected chi connectivity index (χ2v) is 6.50. The SMILES string of the molecule is CCCCCCCNc1ccc(C(=O)C(C)(C)C)cc1. The highest BCUT2D eigenvalue weighted by Gasteiger charge is 2.22. The molecular formula is C18H29NO. The van der Waals surface area contributed by atoms with Gasteiger partial charge in [-0.25, -0.2) is 0 Å². The summed E-state index contributed by atoms with van der Waals surface area (Å²) in [5, 5.41) is 3.42. The second kappa shape index (κ2) is 8.08. The van der Waals surface area contributed by atoms with Crippen molar-refractivity contribution in [1.82, 2.24) is 0 Å². The molecule has 2 nitrogen and oxygen atoms in total. The molecule has 0 saturated carbocycles. The average Bonchev–Trinajstić information content (AvgIpc) is 2.41. The van der Waals surface area contributed by atoms with Gasteiger partial charge in [0.05, 0.1) is 0 Å². The lowest BCUT2D eigenvalue weighted by atomic mass is 9.86. The fourth-order valence-electron chi connectivity index (χ4n) is 2.13. The summed E-state index contributed by atoms with van der Waals surface area (Å²) in [6.45, 7) is 9.11. The molecule has 2 heteroatoms. The molecule has 20 heavy (non-hydrogen) atoms. The van der Waals surface area contributed by atoms with E-state index >= 15 is 0 Å². The third kappa shape index (κ3) is 5.77. The standard InChI is InChI=1S/C18H29NO/c1-5-6-7-8-9-14-19-16-12-10-15(11-13-16)17(20)18(2,3)4/h10-13,19H,5-9,14H2,1-4H3. The van der Waals surface area contributed by atoms with E-state index < -0.39 is 0 Å². The molecule has 0 heterocycles. The molecule has 0 unspecified atom stereocenters. The van der Waals surface area contributed by atoms with Gasteiger partial charge in [0.1, 0.15) is 0 Å². The minimum absolute atomic E-state index is 0.198. The first-order valence-corrected chi connectivity index (χ1v) is 7.84. The summed E-state index contributed by atoms with van der Waals surface area (Å²) in [4.78, 5) is 12.1. The van der Waals surface area contributed by atoms with Crippen LogP contribution in [0.5, 0.6) is 0 Å². The van der Waals surface area contributed by atoms with Crippen molar-refractivity contribution in [3.63, 3.8) is 0 Å². The zero-order valence-corrected chi connectivity index (χ0v) is 13.5. The molecule has 0 atom stereocenters. The van der Waals surface area contributed by atoms with Crippen LogP contribution in [0.25, 0.3) is 0 Å². The zero-order valence-electron chi connectivity index (χ0n) is 13.5. The van der Waals surface area contributed by atoms with Gasteiger partial charge in [0, 0.05) is 23.2 Å². The molecule has 1 N–H and O–H groups in total. The lowest BCUT2D eigenvalue weighted by molar-refractivity contribution is 0.0858. The van der Waals surface area contributed by atoms with Crippen LogP contribution in [0.4, 0.5) is 5.69 Å². The summed E-state index contributed by atoms with van der Waals surface area (Å²) in [5.41, 5.74) is 1.59. The number of ketones is 1. The Morgan fingerprint density at radius 3 is 2.15 bits per heavy atom. The lowest BCUT2D eigenvalue weighted by Gasteiger charge is -2.16. The van der Waals surface area contributed by atoms with E-state index in [9.17, 15) is 4.79 Å². The molecule has 112 valence electrons. The summed E-state index contributed by atoms with van der Waals surface area (Å²) in [6.07, 6.45) is 6.46. The highest BCUT2D eigenvalue weighted by Crippen LogP contribution is 2.21. The van der Waals surface area contributed by atoms with E-state index in [1.54, 1.807) is 0 Å². The molecular weight excluding hydrogens is 246 g/mol. The van der Waals surface area contributed by atoms with Crippen molar-refractivity contribution in [1.29, 1.82) is 0 Å². The molecule has 0 bridgehead atoms. The molecule has 0 amide bonds. The van der Waals surface area contributed by atoms with Crippen LogP contribution in [0.3, 0.4) is 0 Å². The summed E-state index contributed by atoms with van der Waals surface area (Å²) in [6, 6.07) is 7.86. The Bertz CT molecular complexity index is 400. The number of unbranched alkanes of at least 4 members (excludes halogenated alkanes) is 4. The molecule has 0 aliphatic rings. The lowest BCUT2D eigenvalue weighted by Crippen LogP contribution is -2.20. The van der Waals surface area contributed by atoms with Gasteiger partial charge in [-0.1, -0.05) is 53.4 Å². The number of benzene rings is 1. The van der Waals surface area contributed by atoms with Crippen molar-refractivity contribution in [2.45, 2.75) is 59.8 Å². The van der Waals surface area contributed by atoms with Crippen LogP contribution in [-0.4, -0.2) is 12.3 Å². The zero-order chi connectivity index (χ0) is 15.0. The van der Waals surface area contributed by atoms with Gasteiger partial charge in [-0.15, -0.1) is 0 Å².